The number of aliphatic imine (C=N–C) groups is 1. The van der Waals surface area contributed by atoms with Gasteiger partial charge < -0.3 is 19.3 Å². The van der Waals surface area contributed by atoms with Gasteiger partial charge in [-0.05, 0) is 49.2 Å². The van der Waals surface area contributed by atoms with E-state index >= 15 is 0 Å². The highest BCUT2D eigenvalue weighted by Gasteiger charge is 2.36. The number of hydrogen-bond donors (Lipinski definition) is 1. The fourth-order valence-corrected chi connectivity index (χ4v) is 3.94. The second kappa shape index (κ2) is 10.9. The predicted octanol–water partition coefficient (Wildman–Crippen LogP) is 3.34. The van der Waals surface area contributed by atoms with Gasteiger partial charge in [0.1, 0.15) is 23.8 Å². The van der Waals surface area contributed by atoms with Gasteiger partial charge in [-0.2, -0.15) is 0 Å². The van der Waals surface area contributed by atoms with E-state index in [-0.39, 0.29) is 24.0 Å². The third-order valence-electron chi connectivity index (χ3n) is 5.57. The molecule has 0 unspecified atom stereocenters. The Labute approximate surface area is 207 Å². The number of rotatable bonds is 5. The SMILES string of the molecule is COc1cc(/C=C2\N=C3N(CC(=O)O)CCCN3C2=O)ccc1-n1cnc(C)c1.Fc1ccccc1. The predicted molar refractivity (Wildman–Crippen MR) is 132 cm³/mol. The lowest BCUT2D eigenvalue weighted by Gasteiger charge is -2.33. The summed E-state index contributed by atoms with van der Waals surface area (Å²) in [5.74, 6) is -0.298. The number of aryl methyl sites for hydroxylation is 1. The van der Waals surface area contributed by atoms with Crippen LogP contribution in [-0.4, -0.2) is 69.0 Å². The van der Waals surface area contributed by atoms with Gasteiger partial charge in [0.15, 0.2) is 0 Å². The van der Waals surface area contributed by atoms with Gasteiger partial charge in [-0.3, -0.25) is 14.5 Å². The van der Waals surface area contributed by atoms with Gasteiger partial charge in [-0.1, -0.05) is 24.3 Å². The maximum Gasteiger partial charge on any atom is 0.323 e. The van der Waals surface area contributed by atoms with Gasteiger partial charge in [-0.15, -0.1) is 0 Å². The highest BCUT2D eigenvalue weighted by atomic mass is 19.1. The van der Waals surface area contributed by atoms with Crippen molar-refractivity contribution in [1.82, 2.24) is 19.4 Å². The number of imidazole rings is 1. The number of carboxylic acids is 1. The molecule has 2 aliphatic heterocycles. The van der Waals surface area contributed by atoms with Crippen molar-refractivity contribution in [2.24, 2.45) is 4.99 Å². The van der Waals surface area contributed by atoms with Crippen LogP contribution in [0.15, 0.2) is 71.7 Å². The van der Waals surface area contributed by atoms with Crippen molar-refractivity contribution in [1.29, 1.82) is 0 Å². The van der Waals surface area contributed by atoms with Crippen LogP contribution in [0.25, 0.3) is 11.8 Å². The van der Waals surface area contributed by atoms with Crippen LogP contribution in [0.4, 0.5) is 4.39 Å². The first-order valence-corrected chi connectivity index (χ1v) is 11.3. The molecule has 0 spiro atoms. The molecule has 0 saturated carbocycles. The fourth-order valence-electron chi connectivity index (χ4n) is 3.94. The number of carboxylic acid groups (broad SMARTS) is 1. The van der Waals surface area contributed by atoms with E-state index in [2.05, 4.69) is 9.98 Å². The summed E-state index contributed by atoms with van der Waals surface area (Å²) in [6.45, 7) is 2.83. The molecule has 1 aromatic heterocycles. The summed E-state index contributed by atoms with van der Waals surface area (Å²) in [5, 5.41) is 9.10. The van der Waals surface area contributed by atoms with E-state index in [0.717, 1.165) is 16.9 Å². The van der Waals surface area contributed by atoms with Crippen LogP contribution in [0, 0.1) is 12.7 Å². The Morgan fingerprint density at radius 2 is 1.97 bits per heavy atom. The van der Waals surface area contributed by atoms with Crippen molar-refractivity contribution in [3.8, 4) is 11.4 Å². The summed E-state index contributed by atoms with van der Waals surface area (Å²) in [7, 11) is 1.59. The zero-order valence-electron chi connectivity index (χ0n) is 20.0. The van der Waals surface area contributed by atoms with Crippen molar-refractivity contribution in [2.75, 3.05) is 26.7 Å². The number of carbonyl (C=O) groups excluding carboxylic acids is 1. The van der Waals surface area contributed by atoms with Crippen molar-refractivity contribution < 1.29 is 23.8 Å². The lowest BCUT2D eigenvalue weighted by Crippen LogP contribution is -2.51. The Balaban J connectivity index is 0.000000375. The summed E-state index contributed by atoms with van der Waals surface area (Å²) in [5.41, 5.74) is 2.78. The highest BCUT2D eigenvalue weighted by Crippen LogP contribution is 2.28. The number of ether oxygens (including phenoxy) is 1. The molecule has 3 aromatic rings. The third kappa shape index (κ3) is 5.60. The van der Waals surface area contributed by atoms with Crippen molar-refractivity contribution in [2.45, 2.75) is 13.3 Å². The smallest absolute Gasteiger partial charge is 0.323 e. The van der Waals surface area contributed by atoms with Crippen molar-refractivity contribution in [3.63, 3.8) is 0 Å². The number of halogens is 1. The largest absolute Gasteiger partial charge is 0.495 e. The van der Waals surface area contributed by atoms with E-state index in [1.54, 1.807) is 42.6 Å². The Hall–Kier alpha value is -4.47. The molecule has 0 bridgehead atoms. The van der Waals surface area contributed by atoms with Crippen molar-refractivity contribution >= 4 is 23.9 Å². The number of amides is 1. The zero-order valence-corrected chi connectivity index (χ0v) is 20.0. The number of hydrogen-bond acceptors (Lipinski definition) is 6. The topological polar surface area (TPSA) is 100 Å². The Morgan fingerprint density at radius 3 is 2.58 bits per heavy atom. The minimum Gasteiger partial charge on any atom is -0.495 e. The van der Waals surface area contributed by atoms with Gasteiger partial charge >= 0.3 is 5.97 Å². The van der Waals surface area contributed by atoms with E-state index in [0.29, 0.717) is 31.2 Å². The summed E-state index contributed by atoms with van der Waals surface area (Å²) in [4.78, 5) is 35.7. The number of aliphatic carboxylic acids is 1. The molecule has 2 aromatic carbocycles. The van der Waals surface area contributed by atoms with Crippen LogP contribution in [0.5, 0.6) is 5.75 Å². The average Bonchev–Trinajstić information content (AvgIpc) is 3.43. The quantitative estimate of drug-likeness (QED) is 0.550. The molecule has 186 valence electrons. The minimum absolute atomic E-state index is 0.178. The molecular formula is C26H26FN5O4. The van der Waals surface area contributed by atoms with Crippen LogP contribution in [0.3, 0.4) is 0 Å². The molecule has 9 nitrogen and oxygen atoms in total. The molecule has 0 radical (unpaired) electrons. The standard InChI is InChI=1S/C20H21N5O4.C6H5F/c1-13-10-24(12-21-13)16-5-4-14(9-17(16)29-2)8-15-19(28)25-7-3-6-23(11-18(26)27)20(25)22-15;7-6-4-2-1-3-5-6/h4-5,8-10,12H,3,6-7,11H2,1-2H3,(H,26,27);1-5H/b15-8-;. The van der Waals surface area contributed by atoms with Crippen LogP contribution in [0.2, 0.25) is 0 Å². The molecule has 0 atom stereocenters. The molecule has 10 heteroatoms. The molecule has 3 heterocycles. The first kappa shape index (κ1) is 24.6. The number of aromatic nitrogens is 2. The average molecular weight is 492 g/mol. The number of benzene rings is 2. The highest BCUT2D eigenvalue weighted by molar-refractivity contribution is 6.14. The molecule has 2 aliphatic rings. The Bertz CT molecular complexity index is 1320. The summed E-state index contributed by atoms with van der Waals surface area (Å²) in [6, 6.07) is 13.5. The fraction of sp³-hybridized carbons (Fsp3) is 0.231. The van der Waals surface area contributed by atoms with E-state index in [1.807, 2.05) is 35.9 Å². The van der Waals surface area contributed by atoms with Gasteiger partial charge in [0.05, 0.1) is 24.8 Å². The van der Waals surface area contributed by atoms with E-state index in [4.69, 9.17) is 9.84 Å². The normalized spacial score (nSPS) is 15.8. The molecular weight excluding hydrogens is 465 g/mol. The summed E-state index contributed by atoms with van der Waals surface area (Å²) < 4.78 is 19.3. The van der Waals surface area contributed by atoms with Crippen LogP contribution >= 0.6 is 0 Å². The molecule has 1 N–H and O–H groups in total. The lowest BCUT2D eigenvalue weighted by molar-refractivity contribution is -0.138. The van der Waals surface area contributed by atoms with E-state index in [9.17, 15) is 14.0 Å². The second-order valence-electron chi connectivity index (χ2n) is 8.22. The molecule has 1 fully saturated rings. The van der Waals surface area contributed by atoms with E-state index in [1.165, 1.54) is 17.0 Å². The summed E-state index contributed by atoms with van der Waals surface area (Å²) in [6.07, 6.45) is 6.01. The molecule has 1 amide bonds. The number of methoxy groups -OCH3 is 1. The van der Waals surface area contributed by atoms with Gasteiger partial charge in [0, 0.05) is 19.3 Å². The number of guanidine groups is 1. The molecule has 0 aliphatic carbocycles. The number of carbonyl (C=O) groups is 2. The maximum absolute atomic E-state index is 12.7. The number of nitrogens with zero attached hydrogens (tertiary/aromatic N) is 5. The first-order chi connectivity index (χ1) is 17.4. The van der Waals surface area contributed by atoms with Gasteiger partial charge in [-0.25, -0.2) is 14.4 Å². The van der Waals surface area contributed by atoms with E-state index < -0.39 is 5.97 Å². The zero-order chi connectivity index (χ0) is 25.7. The number of fused-ring (bicyclic) bond motifs is 1. The Kier molecular flexibility index (Phi) is 7.43. The van der Waals surface area contributed by atoms with Crippen molar-refractivity contribution in [3.05, 3.63) is 83.8 Å². The van der Waals surface area contributed by atoms with Crippen LogP contribution < -0.4 is 4.74 Å². The molecule has 5 rings (SSSR count). The van der Waals surface area contributed by atoms with Crippen LogP contribution in [0.1, 0.15) is 17.7 Å². The van der Waals surface area contributed by atoms with Crippen LogP contribution in [-0.2, 0) is 9.59 Å². The third-order valence-corrected chi connectivity index (χ3v) is 5.57. The Morgan fingerprint density at radius 1 is 1.19 bits per heavy atom. The molecule has 1 saturated heterocycles. The van der Waals surface area contributed by atoms with Gasteiger partial charge in [0.25, 0.3) is 5.91 Å². The minimum atomic E-state index is -0.950. The second-order valence-corrected chi connectivity index (χ2v) is 8.22. The maximum atomic E-state index is 12.7. The first-order valence-electron chi connectivity index (χ1n) is 11.3. The van der Waals surface area contributed by atoms with Gasteiger partial charge in [0.2, 0.25) is 5.96 Å². The molecule has 36 heavy (non-hydrogen) atoms. The summed E-state index contributed by atoms with van der Waals surface area (Å²) >= 11 is 0. The lowest BCUT2D eigenvalue weighted by atomic mass is 10.1. The monoisotopic (exact) mass is 491 g/mol.